The Morgan fingerprint density at radius 2 is 0.929 bits per heavy atom. The summed E-state index contributed by atoms with van der Waals surface area (Å²) in [5, 5.41) is 4.64. The molecule has 0 aliphatic carbocycles. The van der Waals surface area contributed by atoms with Crippen molar-refractivity contribution < 1.29 is 4.42 Å². The number of oxazole rings is 1. The van der Waals surface area contributed by atoms with Gasteiger partial charge in [-0.3, -0.25) is 0 Å². The minimum absolute atomic E-state index is 0.614. The highest BCUT2D eigenvalue weighted by Gasteiger charge is 2.17. The minimum Gasteiger partial charge on any atom is -0.436 e. The summed E-state index contributed by atoms with van der Waals surface area (Å²) in [6.45, 7) is 0. The summed E-state index contributed by atoms with van der Waals surface area (Å²) in [7, 11) is 0. The number of hydrogen-bond donors (Lipinski definition) is 0. The molecule has 0 saturated carbocycles. The fraction of sp³-hybridized carbons (Fsp3) is 0. The van der Waals surface area contributed by atoms with Crippen LogP contribution in [0.15, 0.2) is 192 Å². The molecule has 0 atom stereocenters. The largest absolute Gasteiger partial charge is 0.436 e. The summed E-state index contributed by atoms with van der Waals surface area (Å²) >= 11 is 0. The molecule has 6 heteroatoms. The Labute approximate surface area is 322 Å². The van der Waals surface area contributed by atoms with E-state index in [9.17, 15) is 0 Å². The maximum Gasteiger partial charge on any atom is 0.227 e. The van der Waals surface area contributed by atoms with Gasteiger partial charge in [0.05, 0.1) is 11.0 Å². The van der Waals surface area contributed by atoms with E-state index < -0.39 is 0 Å². The highest BCUT2D eigenvalue weighted by molar-refractivity contribution is 6.10. The van der Waals surface area contributed by atoms with Crippen molar-refractivity contribution in [3.63, 3.8) is 0 Å². The standard InChI is InChI=1S/C50H31N5O/c1-3-11-34(12-4-1)47-52-48(35-13-5-2-6-14-35)54-49(53-47)37-22-20-33-19-21-36(29-39(33)30-37)32-23-26-40(27-24-32)55-44-17-9-7-15-41(44)42-28-25-38(31-45(42)55)50-51-43-16-8-10-18-46(43)56-50/h1-31H. The number of fused-ring (bicyclic) bond motifs is 5. The quantitative estimate of drug-likeness (QED) is 0.171. The summed E-state index contributed by atoms with van der Waals surface area (Å²) in [5.74, 6) is 2.55. The van der Waals surface area contributed by atoms with Crippen LogP contribution in [0.1, 0.15) is 0 Å². The molecular weight excluding hydrogens is 687 g/mol. The lowest BCUT2D eigenvalue weighted by atomic mass is 9.99. The Kier molecular flexibility index (Phi) is 7.38. The molecule has 56 heavy (non-hydrogen) atoms. The molecule has 0 unspecified atom stereocenters. The maximum atomic E-state index is 6.17. The van der Waals surface area contributed by atoms with E-state index in [1.165, 1.54) is 10.8 Å². The Hall–Kier alpha value is -7.70. The fourth-order valence-corrected chi connectivity index (χ4v) is 7.68. The van der Waals surface area contributed by atoms with Crippen molar-refractivity contribution in [3.8, 4) is 62.4 Å². The van der Waals surface area contributed by atoms with Crippen LogP contribution in [0.25, 0.3) is 106 Å². The van der Waals surface area contributed by atoms with Gasteiger partial charge in [-0.2, -0.15) is 0 Å². The molecular formula is C50H31N5O. The van der Waals surface area contributed by atoms with Gasteiger partial charge in [0.25, 0.3) is 0 Å². The molecule has 0 N–H and O–H groups in total. The maximum absolute atomic E-state index is 6.17. The fourth-order valence-electron chi connectivity index (χ4n) is 7.68. The van der Waals surface area contributed by atoms with E-state index in [0.29, 0.717) is 23.4 Å². The molecule has 11 rings (SSSR count). The molecule has 262 valence electrons. The zero-order chi connectivity index (χ0) is 37.0. The van der Waals surface area contributed by atoms with Crippen LogP contribution in [0.2, 0.25) is 0 Å². The summed E-state index contributed by atoms with van der Waals surface area (Å²) < 4.78 is 8.50. The van der Waals surface area contributed by atoms with Crippen LogP contribution in [0.3, 0.4) is 0 Å². The normalized spacial score (nSPS) is 11.6. The van der Waals surface area contributed by atoms with Gasteiger partial charge < -0.3 is 8.98 Å². The zero-order valence-electron chi connectivity index (χ0n) is 30.0. The van der Waals surface area contributed by atoms with E-state index in [2.05, 4.69) is 108 Å². The molecule has 0 fully saturated rings. The van der Waals surface area contributed by atoms with Crippen molar-refractivity contribution in [1.82, 2.24) is 24.5 Å². The van der Waals surface area contributed by atoms with Crippen molar-refractivity contribution in [2.24, 2.45) is 0 Å². The van der Waals surface area contributed by atoms with Crippen molar-refractivity contribution in [1.29, 1.82) is 0 Å². The van der Waals surface area contributed by atoms with Crippen LogP contribution in [-0.2, 0) is 0 Å². The molecule has 3 aromatic heterocycles. The molecule has 3 heterocycles. The number of benzene rings is 8. The van der Waals surface area contributed by atoms with Gasteiger partial charge in [-0.25, -0.2) is 19.9 Å². The SMILES string of the molecule is c1ccc(-c2nc(-c3ccccc3)nc(-c3ccc4ccc(-c5ccc(-n6c7ccccc7c7ccc(-c8nc9ccccc9o8)cc76)cc5)cc4c3)n2)cc1. The molecule has 0 radical (unpaired) electrons. The van der Waals surface area contributed by atoms with Gasteiger partial charge in [-0.15, -0.1) is 0 Å². The molecule has 8 aromatic carbocycles. The molecule has 0 bridgehead atoms. The molecule has 11 aromatic rings. The minimum atomic E-state index is 0.614. The average Bonchev–Trinajstić information content (AvgIpc) is 3.86. The monoisotopic (exact) mass is 717 g/mol. The molecule has 0 saturated heterocycles. The predicted octanol–water partition coefficient (Wildman–Crippen LogP) is 12.6. The number of aromatic nitrogens is 5. The summed E-state index contributed by atoms with van der Waals surface area (Å²) in [4.78, 5) is 19.6. The first-order valence-electron chi connectivity index (χ1n) is 18.6. The summed E-state index contributed by atoms with van der Waals surface area (Å²) in [6, 6.07) is 64.9. The lowest BCUT2D eigenvalue weighted by Gasteiger charge is -2.11. The van der Waals surface area contributed by atoms with Gasteiger partial charge in [-0.05, 0) is 76.5 Å². The Balaban J connectivity index is 0.973. The van der Waals surface area contributed by atoms with E-state index >= 15 is 0 Å². The Morgan fingerprint density at radius 3 is 1.66 bits per heavy atom. The van der Waals surface area contributed by atoms with Gasteiger partial charge >= 0.3 is 0 Å². The third-order valence-corrected chi connectivity index (χ3v) is 10.5. The van der Waals surface area contributed by atoms with E-state index in [1.807, 2.05) is 84.9 Å². The van der Waals surface area contributed by atoms with Crippen molar-refractivity contribution >= 4 is 43.7 Å². The second kappa shape index (κ2) is 13.0. The van der Waals surface area contributed by atoms with Crippen molar-refractivity contribution in [2.45, 2.75) is 0 Å². The van der Waals surface area contributed by atoms with Crippen LogP contribution in [0, 0.1) is 0 Å². The second-order valence-electron chi connectivity index (χ2n) is 13.9. The Bertz CT molecular complexity index is 3150. The smallest absolute Gasteiger partial charge is 0.227 e. The first kappa shape index (κ1) is 31.8. The van der Waals surface area contributed by atoms with E-state index in [4.69, 9.17) is 24.4 Å². The van der Waals surface area contributed by atoms with Crippen LogP contribution < -0.4 is 0 Å². The topological polar surface area (TPSA) is 69.6 Å². The molecule has 0 spiro atoms. The van der Waals surface area contributed by atoms with E-state index in [0.717, 1.165) is 72.0 Å². The van der Waals surface area contributed by atoms with Crippen LogP contribution >= 0.6 is 0 Å². The lowest BCUT2D eigenvalue weighted by Crippen LogP contribution is -2.00. The third kappa shape index (κ3) is 5.51. The molecule has 0 aliphatic heterocycles. The molecule has 0 amide bonds. The lowest BCUT2D eigenvalue weighted by molar-refractivity contribution is 0.620. The van der Waals surface area contributed by atoms with Gasteiger partial charge in [-0.1, -0.05) is 133 Å². The molecule has 0 aliphatic rings. The van der Waals surface area contributed by atoms with E-state index in [-0.39, 0.29) is 0 Å². The van der Waals surface area contributed by atoms with Crippen LogP contribution in [-0.4, -0.2) is 24.5 Å². The summed E-state index contributed by atoms with van der Waals surface area (Å²) in [6.07, 6.45) is 0. The summed E-state index contributed by atoms with van der Waals surface area (Å²) in [5.41, 5.74) is 11.0. The number of rotatable bonds is 6. The number of para-hydroxylation sites is 3. The van der Waals surface area contributed by atoms with Crippen molar-refractivity contribution in [2.75, 3.05) is 0 Å². The zero-order valence-corrected chi connectivity index (χ0v) is 30.0. The van der Waals surface area contributed by atoms with Crippen LogP contribution in [0.4, 0.5) is 0 Å². The van der Waals surface area contributed by atoms with Gasteiger partial charge in [0.2, 0.25) is 5.89 Å². The first-order valence-corrected chi connectivity index (χ1v) is 18.6. The van der Waals surface area contributed by atoms with Gasteiger partial charge in [0, 0.05) is 38.7 Å². The predicted molar refractivity (Wildman–Crippen MR) is 226 cm³/mol. The molecule has 6 nitrogen and oxygen atoms in total. The van der Waals surface area contributed by atoms with Gasteiger partial charge in [0.15, 0.2) is 23.1 Å². The average molecular weight is 718 g/mol. The van der Waals surface area contributed by atoms with E-state index in [1.54, 1.807) is 0 Å². The third-order valence-electron chi connectivity index (χ3n) is 10.5. The Morgan fingerprint density at radius 1 is 0.357 bits per heavy atom. The first-order chi connectivity index (χ1) is 27.7. The highest BCUT2D eigenvalue weighted by Crippen LogP contribution is 2.36. The van der Waals surface area contributed by atoms with Gasteiger partial charge in [0.1, 0.15) is 5.52 Å². The van der Waals surface area contributed by atoms with Crippen molar-refractivity contribution in [3.05, 3.63) is 188 Å². The number of hydrogen-bond acceptors (Lipinski definition) is 5. The van der Waals surface area contributed by atoms with Crippen LogP contribution in [0.5, 0.6) is 0 Å². The highest BCUT2D eigenvalue weighted by atomic mass is 16.3. The second-order valence-corrected chi connectivity index (χ2v) is 13.9. The number of nitrogens with zero attached hydrogens (tertiary/aromatic N) is 5.